The lowest BCUT2D eigenvalue weighted by atomic mass is 9.88. The first kappa shape index (κ1) is 21.4. The summed E-state index contributed by atoms with van der Waals surface area (Å²) in [6.07, 6.45) is 1.45. The molecule has 1 atom stereocenters. The Hall–Kier alpha value is -1.89. The minimum absolute atomic E-state index is 0.0202. The minimum atomic E-state index is -0.546. The van der Waals surface area contributed by atoms with E-state index in [1.54, 1.807) is 11.0 Å². The lowest BCUT2D eigenvalue weighted by molar-refractivity contribution is -0.137. The molecule has 0 bridgehead atoms. The third kappa shape index (κ3) is 5.31. The summed E-state index contributed by atoms with van der Waals surface area (Å²) in [7, 11) is 0. The van der Waals surface area contributed by atoms with Crippen molar-refractivity contribution in [3.8, 4) is 0 Å². The molecular formula is C20H31N3O3S. The summed E-state index contributed by atoms with van der Waals surface area (Å²) >= 11 is 1.37. The second kappa shape index (κ2) is 9.88. The summed E-state index contributed by atoms with van der Waals surface area (Å²) < 4.78 is 0. The number of piperidine rings is 1. The average Bonchev–Trinajstić information content (AvgIpc) is 3.21. The normalized spacial score (nSPS) is 16.3. The van der Waals surface area contributed by atoms with Gasteiger partial charge in [-0.25, -0.2) is 0 Å². The molecule has 0 aromatic carbocycles. The molecule has 1 N–H and O–H groups in total. The summed E-state index contributed by atoms with van der Waals surface area (Å²) in [6, 6.07) is 3.05. The number of nitrogens with zero attached hydrogens (tertiary/aromatic N) is 2. The van der Waals surface area contributed by atoms with E-state index in [0.29, 0.717) is 31.1 Å². The van der Waals surface area contributed by atoms with Crippen molar-refractivity contribution in [3.63, 3.8) is 0 Å². The number of hydrogen-bond acceptors (Lipinski definition) is 4. The summed E-state index contributed by atoms with van der Waals surface area (Å²) in [5.74, 6) is -0.0520. The van der Waals surface area contributed by atoms with Crippen molar-refractivity contribution >= 4 is 29.1 Å². The summed E-state index contributed by atoms with van der Waals surface area (Å²) in [6.45, 7) is 10.2. The van der Waals surface area contributed by atoms with Crippen molar-refractivity contribution < 1.29 is 14.4 Å². The summed E-state index contributed by atoms with van der Waals surface area (Å²) in [5.41, 5.74) is 0. The number of carbonyl (C=O) groups is 3. The molecule has 6 nitrogen and oxygen atoms in total. The van der Waals surface area contributed by atoms with E-state index in [1.165, 1.54) is 11.3 Å². The highest BCUT2D eigenvalue weighted by Gasteiger charge is 2.36. The lowest BCUT2D eigenvalue weighted by Gasteiger charge is -2.38. The van der Waals surface area contributed by atoms with Crippen molar-refractivity contribution in [2.75, 3.05) is 26.2 Å². The Balaban J connectivity index is 2.11. The molecule has 1 aliphatic heterocycles. The predicted octanol–water partition coefficient (Wildman–Crippen LogP) is 2.61. The highest BCUT2D eigenvalue weighted by molar-refractivity contribution is 7.12. The van der Waals surface area contributed by atoms with Crippen LogP contribution in [0, 0.1) is 11.8 Å². The molecule has 1 aromatic heterocycles. The molecule has 1 aromatic rings. The maximum Gasteiger partial charge on any atom is 0.262 e. The van der Waals surface area contributed by atoms with Crippen molar-refractivity contribution in [2.45, 2.75) is 46.6 Å². The molecule has 0 saturated carbocycles. The molecule has 0 unspecified atom stereocenters. The average molecular weight is 394 g/mol. The number of likely N-dealkylation sites (N-methyl/N-ethyl adjacent to an activating group) is 1. The van der Waals surface area contributed by atoms with Crippen molar-refractivity contribution in [1.29, 1.82) is 0 Å². The number of likely N-dealkylation sites (tertiary alicyclic amines) is 1. The fourth-order valence-corrected chi connectivity index (χ4v) is 4.18. The Bertz CT molecular complexity index is 633. The molecule has 1 fully saturated rings. The van der Waals surface area contributed by atoms with Gasteiger partial charge in [0.2, 0.25) is 11.8 Å². The standard InChI is InChI=1S/C20H31N3O3S/c1-5-22(6-2)20(26)17(21-18(24)16-8-7-13-27-16)15-9-11-23(12-10-15)19(25)14(3)4/h7-8,13-15,17H,5-6,9-12H2,1-4H3,(H,21,24)/t17-/m0/s1. The topological polar surface area (TPSA) is 69.7 Å². The quantitative estimate of drug-likeness (QED) is 0.774. The molecule has 0 radical (unpaired) electrons. The summed E-state index contributed by atoms with van der Waals surface area (Å²) in [4.78, 5) is 42.1. The van der Waals surface area contributed by atoms with E-state index in [4.69, 9.17) is 0 Å². The zero-order valence-corrected chi connectivity index (χ0v) is 17.6. The van der Waals surface area contributed by atoms with Crippen LogP contribution in [-0.4, -0.2) is 59.7 Å². The number of thiophene rings is 1. The first-order valence-corrected chi connectivity index (χ1v) is 10.7. The lowest BCUT2D eigenvalue weighted by Crippen LogP contribution is -2.55. The van der Waals surface area contributed by atoms with Gasteiger partial charge in [-0.15, -0.1) is 11.3 Å². The molecule has 7 heteroatoms. The van der Waals surface area contributed by atoms with Crippen LogP contribution in [0.25, 0.3) is 0 Å². The van der Waals surface area contributed by atoms with Crippen LogP contribution in [0.15, 0.2) is 17.5 Å². The van der Waals surface area contributed by atoms with Crippen LogP contribution in [0.2, 0.25) is 0 Å². The highest BCUT2D eigenvalue weighted by Crippen LogP contribution is 2.24. The number of rotatable bonds is 7. The first-order valence-electron chi connectivity index (χ1n) is 9.80. The van der Waals surface area contributed by atoms with Crippen LogP contribution >= 0.6 is 11.3 Å². The molecule has 3 amide bonds. The van der Waals surface area contributed by atoms with E-state index in [0.717, 1.165) is 12.8 Å². The number of hydrogen-bond donors (Lipinski definition) is 1. The Kier molecular flexibility index (Phi) is 7.83. The Morgan fingerprint density at radius 1 is 1.22 bits per heavy atom. The van der Waals surface area contributed by atoms with Crippen LogP contribution in [0.5, 0.6) is 0 Å². The van der Waals surface area contributed by atoms with Gasteiger partial charge in [0.25, 0.3) is 5.91 Å². The molecule has 0 spiro atoms. The van der Waals surface area contributed by atoms with E-state index in [2.05, 4.69) is 5.32 Å². The second-order valence-corrected chi connectivity index (χ2v) is 8.20. The smallest absolute Gasteiger partial charge is 0.262 e. The van der Waals surface area contributed by atoms with E-state index < -0.39 is 6.04 Å². The van der Waals surface area contributed by atoms with E-state index in [-0.39, 0.29) is 29.6 Å². The number of amides is 3. The van der Waals surface area contributed by atoms with Gasteiger partial charge in [0.1, 0.15) is 6.04 Å². The summed E-state index contributed by atoms with van der Waals surface area (Å²) in [5, 5.41) is 4.83. The molecular weight excluding hydrogens is 362 g/mol. The van der Waals surface area contributed by atoms with E-state index in [1.807, 2.05) is 44.0 Å². The monoisotopic (exact) mass is 393 g/mol. The molecule has 1 saturated heterocycles. The molecule has 0 aliphatic carbocycles. The first-order chi connectivity index (χ1) is 12.9. The van der Waals surface area contributed by atoms with Crippen molar-refractivity contribution in [3.05, 3.63) is 22.4 Å². The molecule has 27 heavy (non-hydrogen) atoms. The van der Waals surface area contributed by atoms with E-state index in [9.17, 15) is 14.4 Å². The van der Waals surface area contributed by atoms with Gasteiger partial charge < -0.3 is 15.1 Å². The van der Waals surface area contributed by atoms with Crippen LogP contribution in [0.4, 0.5) is 0 Å². The van der Waals surface area contributed by atoms with Crippen molar-refractivity contribution in [1.82, 2.24) is 15.1 Å². The predicted molar refractivity (Wildman–Crippen MR) is 108 cm³/mol. The number of nitrogens with one attached hydrogen (secondary N) is 1. The molecule has 150 valence electrons. The minimum Gasteiger partial charge on any atom is -0.342 e. The van der Waals surface area contributed by atoms with Gasteiger partial charge in [0.15, 0.2) is 0 Å². The van der Waals surface area contributed by atoms with Crippen molar-refractivity contribution in [2.24, 2.45) is 11.8 Å². The fraction of sp³-hybridized carbons (Fsp3) is 0.650. The zero-order valence-electron chi connectivity index (χ0n) is 16.7. The highest BCUT2D eigenvalue weighted by atomic mass is 32.1. The molecule has 1 aliphatic rings. The van der Waals surface area contributed by atoms with Crippen LogP contribution in [-0.2, 0) is 9.59 Å². The fourth-order valence-electron chi connectivity index (χ4n) is 3.55. The van der Waals surface area contributed by atoms with Gasteiger partial charge in [-0.05, 0) is 44.1 Å². The van der Waals surface area contributed by atoms with Gasteiger partial charge in [-0.1, -0.05) is 19.9 Å². The second-order valence-electron chi connectivity index (χ2n) is 7.26. The number of carbonyl (C=O) groups excluding carboxylic acids is 3. The van der Waals surface area contributed by atoms with Gasteiger partial charge in [0, 0.05) is 32.1 Å². The van der Waals surface area contributed by atoms with Crippen LogP contribution < -0.4 is 5.32 Å². The van der Waals surface area contributed by atoms with Gasteiger partial charge in [-0.2, -0.15) is 0 Å². The van der Waals surface area contributed by atoms with Gasteiger partial charge in [0.05, 0.1) is 4.88 Å². The molecule has 2 heterocycles. The SMILES string of the molecule is CCN(CC)C(=O)[C@@H](NC(=O)c1cccs1)C1CCN(C(=O)C(C)C)CC1. The maximum absolute atomic E-state index is 13.1. The van der Waals surface area contributed by atoms with Gasteiger partial charge in [-0.3, -0.25) is 14.4 Å². The Morgan fingerprint density at radius 2 is 1.85 bits per heavy atom. The third-order valence-corrected chi connectivity index (χ3v) is 6.06. The van der Waals surface area contributed by atoms with Gasteiger partial charge >= 0.3 is 0 Å². The zero-order chi connectivity index (χ0) is 20.0. The van der Waals surface area contributed by atoms with Crippen LogP contribution in [0.3, 0.4) is 0 Å². The Labute approximate surface area is 165 Å². The largest absolute Gasteiger partial charge is 0.342 e. The van der Waals surface area contributed by atoms with E-state index >= 15 is 0 Å². The third-order valence-electron chi connectivity index (χ3n) is 5.19. The molecule has 2 rings (SSSR count). The van der Waals surface area contributed by atoms with Crippen LogP contribution in [0.1, 0.15) is 50.2 Å². The maximum atomic E-state index is 13.1. The Morgan fingerprint density at radius 3 is 2.33 bits per heavy atom.